The van der Waals surface area contributed by atoms with E-state index in [1.54, 1.807) is 7.11 Å². The van der Waals surface area contributed by atoms with Gasteiger partial charge < -0.3 is 10.1 Å². The van der Waals surface area contributed by atoms with Gasteiger partial charge in [-0.1, -0.05) is 6.07 Å². The van der Waals surface area contributed by atoms with Crippen LogP contribution in [0.1, 0.15) is 16.7 Å². The molecule has 0 saturated carbocycles. The maximum absolute atomic E-state index is 5.37. The van der Waals surface area contributed by atoms with Gasteiger partial charge in [0.05, 0.1) is 7.11 Å². The van der Waals surface area contributed by atoms with Crippen LogP contribution in [0.2, 0.25) is 0 Å². The van der Waals surface area contributed by atoms with Crippen molar-refractivity contribution in [2.75, 3.05) is 13.7 Å². The Labute approximate surface area is 78.9 Å². The molecule has 0 radical (unpaired) electrons. The van der Waals surface area contributed by atoms with Crippen molar-refractivity contribution in [3.63, 3.8) is 0 Å². The summed E-state index contributed by atoms with van der Waals surface area (Å²) in [7, 11) is 1.75. The minimum absolute atomic E-state index is 0.980. The Bertz CT molecular complexity index is 303. The largest absolute Gasteiger partial charge is 0.496 e. The average Bonchev–Trinajstić information content (AvgIpc) is 2.16. The lowest BCUT2D eigenvalue weighted by Gasteiger charge is -2.20. The van der Waals surface area contributed by atoms with Crippen LogP contribution >= 0.6 is 0 Å². The molecule has 0 aromatic heterocycles. The molecule has 2 rings (SSSR count). The summed E-state index contributed by atoms with van der Waals surface area (Å²) in [5.74, 6) is 1.05. The fraction of sp³-hybridized carbons (Fsp3) is 0.455. The van der Waals surface area contributed by atoms with Gasteiger partial charge in [0.15, 0.2) is 0 Å². The van der Waals surface area contributed by atoms with Gasteiger partial charge in [0.1, 0.15) is 5.75 Å². The van der Waals surface area contributed by atoms with Gasteiger partial charge in [-0.15, -0.1) is 0 Å². The van der Waals surface area contributed by atoms with Crippen molar-refractivity contribution >= 4 is 0 Å². The Kier molecular flexibility index (Phi) is 2.23. The third-order valence-electron chi connectivity index (χ3n) is 2.53. The Morgan fingerprint density at radius 3 is 3.00 bits per heavy atom. The van der Waals surface area contributed by atoms with Gasteiger partial charge in [-0.25, -0.2) is 0 Å². The maximum atomic E-state index is 5.37. The molecule has 0 aliphatic carbocycles. The highest BCUT2D eigenvalue weighted by Gasteiger charge is 2.13. The smallest absolute Gasteiger partial charge is 0.122 e. The Morgan fingerprint density at radius 2 is 2.23 bits per heavy atom. The SMILES string of the molecule is COc1cc(C)cc2c1CCNC2. The summed E-state index contributed by atoms with van der Waals surface area (Å²) >= 11 is 0. The third-order valence-corrected chi connectivity index (χ3v) is 2.53. The van der Waals surface area contributed by atoms with E-state index in [4.69, 9.17) is 4.74 Å². The van der Waals surface area contributed by atoms with E-state index in [-0.39, 0.29) is 0 Å². The fourth-order valence-electron chi connectivity index (χ4n) is 1.92. The van der Waals surface area contributed by atoms with Gasteiger partial charge in [0.25, 0.3) is 0 Å². The predicted molar refractivity (Wildman–Crippen MR) is 53.1 cm³/mol. The zero-order valence-corrected chi connectivity index (χ0v) is 8.18. The van der Waals surface area contributed by atoms with Crippen LogP contribution in [0.3, 0.4) is 0 Å². The van der Waals surface area contributed by atoms with E-state index in [0.29, 0.717) is 0 Å². The van der Waals surface area contributed by atoms with Crippen LogP contribution < -0.4 is 10.1 Å². The average molecular weight is 177 g/mol. The molecule has 70 valence electrons. The fourth-order valence-corrected chi connectivity index (χ4v) is 1.92. The molecule has 1 aromatic carbocycles. The molecule has 1 heterocycles. The normalized spacial score (nSPS) is 15.2. The monoisotopic (exact) mass is 177 g/mol. The second kappa shape index (κ2) is 3.38. The molecule has 1 aliphatic heterocycles. The quantitative estimate of drug-likeness (QED) is 0.704. The summed E-state index contributed by atoms with van der Waals surface area (Å²) in [5, 5.41) is 3.36. The van der Waals surface area contributed by atoms with E-state index in [1.807, 2.05) is 0 Å². The van der Waals surface area contributed by atoms with Gasteiger partial charge in [-0.3, -0.25) is 0 Å². The van der Waals surface area contributed by atoms with E-state index in [1.165, 1.54) is 16.7 Å². The highest BCUT2D eigenvalue weighted by atomic mass is 16.5. The van der Waals surface area contributed by atoms with Crippen LogP contribution in [-0.4, -0.2) is 13.7 Å². The molecule has 0 atom stereocenters. The standard InChI is InChI=1S/C11H15NO/c1-8-5-9-7-12-4-3-10(9)11(6-8)13-2/h5-6,12H,3-4,7H2,1-2H3. The van der Waals surface area contributed by atoms with Crippen LogP contribution in [0.4, 0.5) is 0 Å². The lowest BCUT2D eigenvalue weighted by molar-refractivity contribution is 0.405. The number of benzene rings is 1. The number of hydrogen-bond acceptors (Lipinski definition) is 2. The van der Waals surface area contributed by atoms with Gasteiger partial charge in [0.2, 0.25) is 0 Å². The van der Waals surface area contributed by atoms with Crippen molar-refractivity contribution < 1.29 is 4.74 Å². The maximum Gasteiger partial charge on any atom is 0.122 e. The molecule has 1 aliphatic rings. The zero-order chi connectivity index (χ0) is 9.26. The number of hydrogen-bond donors (Lipinski definition) is 1. The van der Waals surface area contributed by atoms with Gasteiger partial charge in [0, 0.05) is 6.54 Å². The lowest BCUT2D eigenvalue weighted by atomic mass is 9.98. The molecule has 0 spiro atoms. The zero-order valence-electron chi connectivity index (χ0n) is 8.18. The van der Waals surface area contributed by atoms with E-state index < -0.39 is 0 Å². The highest BCUT2D eigenvalue weighted by Crippen LogP contribution is 2.26. The number of aryl methyl sites for hydroxylation is 1. The first-order valence-corrected chi connectivity index (χ1v) is 4.68. The molecule has 1 aromatic rings. The molecule has 0 amide bonds. The Hall–Kier alpha value is -1.02. The highest BCUT2D eigenvalue weighted by molar-refractivity contribution is 5.44. The molecule has 2 heteroatoms. The van der Waals surface area contributed by atoms with E-state index in [9.17, 15) is 0 Å². The van der Waals surface area contributed by atoms with Crippen LogP contribution in [0.15, 0.2) is 12.1 Å². The first-order valence-electron chi connectivity index (χ1n) is 4.68. The van der Waals surface area contributed by atoms with Crippen LogP contribution in [-0.2, 0) is 13.0 Å². The van der Waals surface area contributed by atoms with E-state index >= 15 is 0 Å². The molecule has 2 nitrogen and oxygen atoms in total. The number of fused-ring (bicyclic) bond motifs is 1. The topological polar surface area (TPSA) is 21.3 Å². The third kappa shape index (κ3) is 1.54. The van der Waals surface area contributed by atoms with Crippen LogP contribution in [0.25, 0.3) is 0 Å². The molecule has 0 bridgehead atoms. The predicted octanol–water partition coefficient (Wildman–Crippen LogP) is 1.65. The summed E-state index contributed by atoms with van der Waals surface area (Å²) in [4.78, 5) is 0. The molecule has 0 unspecified atom stereocenters. The second-order valence-electron chi connectivity index (χ2n) is 3.53. The van der Waals surface area contributed by atoms with Gasteiger partial charge in [-0.05, 0) is 42.6 Å². The number of rotatable bonds is 1. The minimum atomic E-state index is 0.980. The van der Waals surface area contributed by atoms with Crippen molar-refractivity contribution in [3.8, 4) is 5.75 Å². The van der Waals surface area contributed by atoms with Crippen molar-refractivity contribution in [1.82, 2.24) is 5.32 Å². The number of nitrogens with one attached hydrogen (secondary N) is 1. The summed E-state index contributed by atoms with van der Waals surface area (Å²) in [6, 6.07) is 4.36. The Balaban J connectivity index is 2.50. The Morgan fingerprint density at radius 1 is 1.38 bits per heavy atom. The molecule has 0 fully saturated rings. The summed E-state index contributed by atoms with van der Waals surface area (Å²) in [6.45, 7) is 4.15. The molecule has 13 heavy (non-hydrogen) atoms. The summed E-state index contributed by atoms with van der Waals surface area (Å²) in [6.07, 6.45) is 1.08. The minimum Gasteiger partial charge on any atom is -0.496 e. The van der Waals surface area contributed by atoms with Crippen molar-refractivity contribution in [3.05, 3.63) is 28.8 Å². The van der Waals surface area contributed by atoms with Gasteiger partial charge in [-0.2, -0.15) is 0 Å². The molecular weight excluding hydrogens is 162 g/mol. The first kappa shape index (κ1) is 8.57. The second-order valence-corrected chi connectivity index (χ2v) is 3.53. The molecular formula is C11H15NO. The van der Waals surface area contributed by atoms with Crippen LogP contribution in [0.5, 0.6) is 5.75 Å². The van der Waals surface area contributed by atoms with Crippen molar-refractivity contribution in [2.45, 2.75) is 19.9 Å². The van der Waals surface area contributed by atoms with Crippen molar-refractivity contribution in [1.29, 1.82) is 0 Å². The number of ether oxygens (including phenoxy) is 1. The molecule has 0 saturated heterocycles. The lowest BCUT2D eigenvalue weighted by Crippen LogP contribution is -2.24. The summed E-state index contributed by atoms with van der Waals surface area (Å²) < 4.78 is 5.37. The van der Waals surface area contributed by atoms with E-state index in [2.05, 4.69) is 24.4 Å². The van der Waals surface area contributed by atoms with Crippen LogP contribution in [0, 0.1) is 6.92 Å². The molecule has 1 N–H and O–H groups in total. The van der Waals surface area contributed by atoms with Gasteiger partial charge >= 0.3 is 0 Å². The first-order chi connectivity index (χ1) is 6.31. The number of methoxy groups -OCH3 is 1. The van der Waals surface area contributed by atoms with Crippen molar-refractivity contribution in [2.24, 2.45) is 0 Å². The van der Waals surface area contributed by atoms with E-state index in [0.717, 1.165) is 25.3 Å². The summed E-state index contributed by atoms with van der Waals surface area (Å²) in [5.41, 5.74) is 4.05.